The van der Waals surface area contributed by atoms with Gasteiger partial charge in [-0.25, -0.2) is 4.39 Å². The van der Waals surface area contributed by atoms with Crippen molar-refractivity contribution in [2.75, 3.05) is 19.8 Å². The number of hydrogen-bond acceptors (Lipinski definition) is 2. The average molecular weight is 147 g/mol. The fourth-order valence-electron chi connectivity index (χ4n) is 1.20. The third-order valence-corrected chi connectivity index (χ3v) is 1.75. The molecular weight excluding hydrogens is 133 g/mol. The highest BCUT2D eigenvalue weighted by Crippen LogP contribution is 2.10. The summed E-state index contributed by atoms with van der Waals surface area (Å²) in [5.41, 5.74) is 0. The van der Waals surface area contributed by atoms with Gasteiger partial charge in [0.25, 0.3) is 0 Å². The molecule has 2 atom stereocenters. The number of halogens is 1. The Morgan fingerprint density at radius 3 is 3.10 bits per heavy atom. The maximum absolute atomic E-state index is 12.8. The van der Waals surface area contributed by atoms with Gasteiger partial charge in [-0.2, -0.15) is 0 Å². The molecule has 2 nitrogen and oxygen atoms in total. The molecule has 10 heavy (non-hydrogen) atoms. The standard InChI is InChI=1S/C7H14FNO/c1-2-9-7-3-4-10-5-6(7)8/h6-7,9H,2-5H2,1H3/t6-,7-/m1/s1. The van der Waals surface area contributed by atoms with E-state index in [1.54, 1.807) is 0 Å². The van der Waals surface area contributed by atoms with Gasteiger partial charge in [0.2, 0.25) is 0 Å². The largest absolute Gasteiger partial charge is 0.378 e. The molecule has 1 aliphatic heterocycles. The van der Waals surface area contributed by atoms with Gasteiger partial charge < -0.3 is 10.1 Å². The number of nitrogens with one attached hydrogen (secondary N) is 1. The van der Waals surface area contributed by atoms with E-state index in [0.29, 0.717) is 6.61 Å². The topological polar surface area (TPSA) is 21.3 Å². The molecule has 0 aromatic carbocycles. The van der Waals surface area contributed by atoms with Crippen molar-refractivity contribution in [1.82, 2.24) is 5.32 Å². The number of rotatable bonds is 2. The van der Waals surface area contributed by atoms with Crippen LogP contribution in [0, 0.1) is 0 Å². The van der Waals surface area contributed by atoms with Crippen LogP contribution in [-0.2, 0) is 4.74 Å². The van der Waals surface area contributed by atoms with Crippen LogP contribution in [0.5, 0.6) is 0 Å². The summed E-state index contributed by atoms with van der Waals surface area (Å²) in [7, 11) is 0. The van der Waals surface area contributed by atoms with E-state index in [9.17, 15) is 4.39 Å². The van der Waals surface area contributed by atoms with Gasteiger partial charge in [-0.05, 0) is 13.0 Å². The summed E-state index contributed by atoms with van der Waals surface area (Å²) in [6.45, 7) is 3.78. The molecule has 1 rings (SSSR count). The number of hydrogen-bond donors (Lipinski definition) is 1. The SMILES string of the molecule is CCN[C@@H]1CCOC[C@H]1F. The van der Waals surface area contributed by atoms with Crippen molar-refractivity contribution in [1.29, 1.82) is 0 Å². The predicted octanol–water partition coefficient (Wildman–Crippen LogP) is 0.723. The average Bonchev–Trinajstić information content (AvgIpc) is 1.94. The first-order valence-corrected chi connectivity index (χ1v) is 3.79. The van der Waals surface area contributed by atoms with Gasteiger partial charge in [-0.15, -0.1) is 0 Å². The molecule has 0 amide bonds. The van der Waals surface area contributed by atoms with Crippen LogP contribution in [0.2, 0.25) is 0 Å². The van der Waals surface area contributed by atoms with Crippen LogP contribution in [0.25, 0.3) is 0 Å². The van der Waals surface area contributed by atoms with E-state index in [1.165, 1.54) is 0 Å². The summed E-state index contributed by atoms with van der Waals surface area (Å²) in [6.07, 6.45) is -0.0108. The quantitative estimate of drug-likeness (QED) is 0.621. The van der Waals surface area contributed by atoms with E-state index < -0.39 is 6.17 Å². The monoisotopic (exact) mass is 147 g/mol. The summed E-state index contributed by atoms with van der Waals surface area (Å²) < 4.78 is 17.8. The lowest BCUT2D eigenvalue weighted by Crippen LogP contribution is -2.44. The van der Waals surface area contributed by atoms with Gasteiger partial charge in [0.1, 0.15) is 6.17 Å². The van der Waals surface area contributed by atoms with E-state index in [-0.39, 0.29) is 12.6 Å². The normalized spacial score (nSPS) is 34.2. The molecule has 0 saturated carbocycles. The Labute approximate surface area is 60.8 Å². The Morgan fingerprint density at radius 2 is 2.50 bits per heavy atom. The van der Waals surface area contributed by atoms with Gasteiger partial charge in [-0.1, -0.05) is 6.92 Å². The molecule has 0 radical (unpaired) electrons. The molecule has 0 aliphatic carbocycles. The van der Waals surface area contributed by atoms with E-state index >= 15 is 0 Å². The summed E-state index contributed by atoms with van der Waals surface area (Å²) in [5.74, 6) is 0. The minimum atomic E-state index is -0.811. The molecule has 60 valence electrons. The van der Waals surface area contributed by atoms with Crippen LogP contribution >= 0.6 is 0 Å². The van der Waals surface area contributed by atoms with Crippen LogP contribution in [-0.4, -0.2) is 32.0 Å². The van der Waals surface area contributed by atoms with Gasteiger partial charge in [0.15, 0.2) is 0 Å². The zero-order chi connectivity index (χ0) is 7.40. The van der Waals surface area contributed by atoms with Crippen LogP contribution in [0.15, 0.2) is 0 Å². The molecule has 1 N–H and O–H groups in total. The zero-order valence-corrected chi connectivity index (χ0v) is 6.27. The summed E-state index contributed by atoms with van der Waals surface area (Å²) in [6, 6.07) is 0.0266. The van der Waals surface area contributed by atoms with Crippen LogP contribution in [0.3, 0.4) is 0 Å². The zero-order valence-electron chi connectivity index (χ0n) is 6.27. The lowest BCUT2D eigenvalue weighted by molar-refractivity contribution is 0.0145. The fourth-order valence-corrected chi connectivity index (χ4v) is 1.20. The summed E-state index contributed by atoms with van der Waals surface area (Å²) in [4.78, 5) is 0. The van der Waals surface area contributed by atoms with Gasteiger partial charge in [-0.3, -0.25) is 0 Å². The van der Waals surface area contributed by atoms with Crippen molar-refractivity contribution >= 4 is 0 Å². The first-order valence-electron chi connectivity index (χ1n) is 3.79. The highest BCUT2D eigenvalue weighted by molar-refractivity contribution is 4.78. The fraction of sp³-hybridized carbons (Fsp3) is 1.00. The highest BCUT2D eigenvalue weighted by atomic mass is 19.1. The van der Waals surface area contributed by atoms with Crippen molar-refractivity contribution in [2.24, 2.45) is 0 Å². The van der Waals surface area contributed by atoms with Crippen molar-refractivity contribution in [3.8, 4) is 0 Å². The lowest BCUT2D eigenvalue weighted by atomic mass is 10.1. The van der Waals surface area contributed by atoms with Crippen LogP contribution < -0.4 is 5.32 Å². The Morgan fingerprint density at radius 1 is 1.70 bits per heavy atom. The molecule has 0 aromatic heterocycles. The van der Waals surface area contributed by atoms with Gasteiger partial charge in [0.05, 0.1) is 6.61 Å². The van der Waals surface area contributed by atoms with Crippen molar-refractivity contribution in [2.45, 2.75) is 25.6 Å². The minimum absolute atomic E-state index is 0.0266. The molecule has 0 aromatic rings. The smallest absolute Gasteiger partial charge is 0.139 e. The third kappa shape index (κ3) is 1.92. The number of ether oxygens (including phenoxy) is 1. The molecule has 1 aliphatic rings. The van der Waals surface area contributed by atoms with E-state index in [4.69, 9.17) is 4.74 Å². The van der Waals surface area contributed by atoms with Gasteiger partial charge >= 0.3 is 0 Å². The van der Waals surface area contributed by atoms with Crippen molar-refractivity contribution in [3.05, 3.63) is 0 Å². The summed E-state index contributed by atoms with van der Waals surface area (Å²) >= 11 is 0. The van der Waals surface area contributed by atoms with E-state index in [0.717, 1.165) is 13.0 Å². The second-order valence-electron chi connectivity index (χ2n) is 2.54. The lowest BCUT2D eigenvalue weighted by Gasteiger charge is -2.26. The van der Waals surface area contributed by atoms with Gasteiger partial charge in [0, 0.05) is 12.6 Å². The molecule has 0 unspecified atom stereocenters. The van der Waals surface area contributed by atoms with Crippen LogP contribution in [0.1, 0.15) is 13.3 Å². The minimum Gasteiger partial charge on any atom is -0.378 e. The maximum Gasteiger partial charge on any atom is 0.139 e. The predicted molar refractivity (Wildman–Crippen MR) is 37.8 cm³/mol. The molecule has 0 spiro atoms. The van der Waals surface area contributed by atoms with E-state index in [1.807, 2.05) is 6.92 Å². The molecule has 0 bridgehead atoms. The molecule has 1 saturated heterocycles. The summed E-state index contributed by atoms with van der Waals surface area (Å²) in [5, 5.41) is 3.08. The first kappa shape index (κ1) is 7.95. The molecular formula is C7H14FNO. The Hall–Kier alpha value is -0.150. The third-order valence-electron chi connectivity index (χ3n) is 1.75. The number of alkyl halides is 1. The van der Waals surface area contributed by atoms with E-state index in [2.05, 4.69) is 5.32 Å². The van der Waals surface area contributed by atoms with Crippen molar-refractivity contribution in [3.63, 3.8) is 0 Å². The first-order chi connectivity index (χ1) is 4.84. The Bertz CT molecular complexity index is 97.6. The second-order valence-corrected chi connectivity index (χ2v) is 2.54. The molecule has 1 heterocycles. The highest BCUT2D eigenvalue weighted by Gasteiger charge is 2.23. The molecule has 3 heteroatoms. The Kier molecular flexibility index (Phi) is 3.09. The second kappa shape index (κ2) is 3.88. The maximum atomic E-state index is 12.8. The van der Waals surface area contributed by atoms with Crippen LogP contribution in [0.4, 0.5) is 4.39 Å². The Balaban J connectivity index is 2.25. The van der Waals surface area contributed by atoms with Crippen molar-refractivity contribution < 1.29 is 9.13 Å². The molecule has 1 fully saturated rings.